The number of aliphatic hydroxyl groups is 1. The van der Waals surface area contributed by atoms with Gasteiger partial charge in [0.2, 0.25) is 5.91 Å². The van der Waals surface area contributed by atoms with Crippen molar-refractivity contribution < 1.29 is 9.90 Å². The van der Waals surface area contributed by atoms with Crippen molar-refractivity contribution in [1.82, 2.24) is 4.90 Å². The zero-order chi connectivity index (χ0) is 12.6. The minimum absolute atomic E-state index is 0.0350. The van der Waals surface area contributed by atoms with Gasteiger partial charge in [0, 0.05) is 19.6 Å². The van der Waals surface area contributed by atoms with Crippen LogP contribution in [0.1, 0.15) is 32.6 Å². The van der Waals surface area contributed by atoms with E-state index in [2.05, 4.69) is 0 Å². The largest absolute Gasteiger partial charge is 0.393 e. The standard InChI is InChI=1S/C13H24N2O2/c1-8(16)5-6-15(2)13(17)11-9-3-4-10(7-9)12(11)14/h8-12,16H,3-7,14H2,1-2H3. The number of rotatable bonds is 4. The van der Waals surface area contributed by atoms with Gasteiger partial charge in [-0.2, -0.15) is 0 Å². The van der Waals surface area contributed by atoms with Crippen LogP contribution < -0.4 is 5.73 Å². The molecule has 5 unspecified atom stereocenters. The maximum atomic E-state index is 12.3. The fourth-order valence-corrected chi connectivity index (χ4v) is 3.45. The summed E-state index contributed by atoms with van der Waals surface area (Å²) in [5.41, 5.74) is 6.16. The van der Waals surface area contributed by atoms with Crippen LogP contribution in [0.2, 0.25) is 0 Å². The molecule has 0 spiro atoms. The molecular weight excluding hydrogens is 216 g/mol. The highest BCUT2D eigenvalue weighted by Gasteiger charge is 2.49. The molecule has 4 nitrogen and oxygen atoms in total. The molecule has 0 aromatic rings. The molecule has 0 saturated heterocycles. The summed E-state index contributed by atoms with van der Waals surface area (Å²) in [6.45, 7) is 2.37. The highest BCUT2D eigenvalue weighted by Crippen LogP contribution is 2.48. The SMILES string of the molecule is CC(O)CCN(C)C(=O)C1C2CCC(C2)C1N. The summed E-state index contributed by atoms with van der Waals surface area (Å²) in [6.07, 6.45) is 3.80. The highest BCUT2D eigenvalue weighted by molar-refractivity contribution is 5.80. The Morgan fingerprint density at radius 3 is 2.65 bits per heavy atom. The molecule has 2 aliphatic rings. The molecule has 2 saturated carbocycles. The van der Waals surface area contributed by atoms with E-state index in [0.717, 1.165) is 6.42 Å². The summed E-state index contributed by atoms with van der Waals surface area (Å²) in [4.78, 5) is 14.1. The first-order chi connectivity index (χ1) is 8.00. The molecular formula is C13H24N2O2. The molecule has 2 rings (SSSR count). The fourth-order valence-electron chi connectivity index (χ4n) is 3.45. The zero-order valence-corrected chi connectivity index (χ0v) is 10.8. The van der Waals surface area contributed by atoms with E-state index < -0.39 is 0 Å². The molecule has 5 atom stereocenters. The Hall–Kier alpha value is -0.610. The van der Waals surface area contributed by atoms with Gasteiger partial charge >= 0.3 is 0 Å². The number of carbonyl (C=O) groups is 1. The van der Waals surface area contributed by atoms with Gasteiger partial charge in [0.1, 0.15) is 0 Å². The number of aliphatic hydroxyl groups excluding tert-OH is 1. The zero-order valence-electron chi connectivity index (χ0n) is 10.8. The molecule has 0 heterocycles. The van der Waals surface area contributed by atoms with Gasteiger partial charge in [0.25, 0.3) is 0 Å². The van der Waals surface area contributed by atoms with Crippen LogP contribution in [0.15, 0.2) is 0 Å². The lowest BCUT2D eigenvalue weighted by Gasteiger charge is -2.31. The van der Waals surface area contributed by atoms with Crippen molar-refractivity contribution in [3.05, 3.63) is 0 Å². The van der Waals surface area contributed by atoms with Gasteiger partial charge < -0.3 is 15.7 Å². The third kappa shape index (κ3) is 2.47. The number of fused-ring (bicyclic) bond motifs is 2. The Labute approximate surface area is 103 Å². The molecule has 0 aromatic heterocycles. The normalized spacial score (nSPS) is 37.2. The predicted octanol–water partition coefficient (Wildman–Crippen LogP) is 0.589. The lowest BCUT2D eigenvalue weighted by molar-refractivity contribution is -0.136. The lowest BCUT2D eigenvalue weighted by atomic mass is 9.84. The number of nitrogens with zero attached hydrogens (tertiary/aromatic N) is 1. The number of amides is 1. The van der Waals surface area contributed by atoms with Gasteiger partial charge in [-0.05, 0) is 44.4 Å². The molecule has 0 radical (unpaired) electrons. The summed E-state index contributed by atoms with van der Waals surface area (Å²) in [5.74, 6) is 1.30. The van der Waals surface area contributed by atoms with Crippen LogP contribution in [0.25, 0.3) is 0 Å². The van der Waals surface area contributed by atoms with Crippen LogP contribution in [0.5, 0.6) is 0 Å². The number of hydrogen-bond donors (Lipinski definition) is 2. The van der Waals surface area contributed by atoms with Crippen LogP contribution in [-0.2, 0) is 4.79 Å². The predicted molar refractivity (Wildman–Crippen MR) is 66.2 cm³/mol. The van der Waals surface area contributed by atoms with E-state index >= 15 is 0 Å². The van der Waals surface area contributed by atoms with Gasteiger partial charge in [-0.15, -0.1) is 0 Å². The second-order valence-corrected chi connectivity index (χ2v) is 5.83. The van der Waals surface area contributed by atoms with Gasteiger partial charge in [-0.25, -0.2) is 0 Å². The quantitative estimate of drug-likeness (QED) is 0.756. The monoisotopic (exact) mass is 240 g/mol. The van der Waals surface area contributed by atoms with E-state index in [1.165, 1.54) is 12.8 Å². The van der Waals surface area contributed by atoms with Crippen molar-refractivity contribution in [3.8, 4) is 0 Å². The van der Waals surface area contributed by atoms with E-state index in [1.807, 2.05) is 7.05 Å². The van der Waals surface area contributed by atoms with E-state index in [0.29, 0.717) is 24.8 Å². The van der Waals surface area contributed by atoms with Gasteiger partial charge in [0.15, 0.2) is 0 Å². The summed E-state index contributed by atoms with van der Waals surface area (Å²) < 4.78 is 0. The second-order valence-electron chi connectivity index (χ2n) is 5.83. The van der Waals surface area contributed by atoms with Crippen molar-refractivity contribution >= 4 is 5.91 Å². The molecule has 0 aromatic carbocycles. The van der Waals surface area contributed by atoms with Crippen molar-refractivity contribution in [2.24, 2.45) is 23.5 Å². The maximum absolute atomic E-state index is 12.3. The van der Waals surface area contributed by atoms with E-state index in [9.17, 15) is 9.90 Å². The van der Waals surface area contributed by atoms with Gasteiger partial charge in [-0.3, -0.25) is 4.79 Å². The van der Waals surface area contributed by atoms with Crippen molar-refractivity contribution in [2.75, 3.05) is 13.6 Å². The Kier molecular flexibility index (Phi) is 3.73. The van der Waals surface area contributed by atoms with Crippen molar-refractivity contribution in [1.29, 1.82) is 0 Å². The third-order valence-corrected chi connectivity index (χ3v) is 4.52. The minimum Gasteiger partial charge on any atom is -0.393 e. The highest BCUT2D eigenvalue weighted by atomic mass is 16.3. The Bertz CT molecular complexity index is 291. The first-order valence-electron chi connectivity index (χ1n) is 6.69. The summed E-state index contributed by atoms with van der Waals surface area (Å²) in [6, 6.07) is 0.0650. The third-order valence-electron chi connectivity index (χ3n) is 4.52. The average molecular weight is 240 g/mol. The van der Waals surface area contributed by atoms with E-state index in [1.54, 1.807) is 11.8 Å². The number of carbonyl (C=O) groups excluding carboxylic acids is 1. The van der Waals surface area contributed by atoms with Crippen LogP contribution in [0.4, 0.5) is 0 Å². The first-order valence-corrected chi connectivity index (χ1v) is 6.69. The lowest BCUT2D eigenvalue weighted by Crippen LogP contribution is -2.46. The molecule has 1 amide bonds. The Morgan fingerprint density at radius 1 is 1.47 bits per heavy atom. The van der Waals surface area contributed by atoms with Gasteiger partial charge in [0.05, 0.1) is 12.0 Å². The Morgan fingerprint density at radius 2 is 2.12 bits per heavy atom. The number of hydrogen-bond acceptors (Lipinski definition) is 3. The number of nitrogens with two attached hydrogens (primary N) is 1. The Balaban J connectivity index is 1.91. The van der Waals surface area contributed by atoms with Crippen LogP contribution in [0, 0.1) is 17.8 Å². The molecule has 4 heteroatoms. The molecule has 2 bridgehead atoms. The van der Waals surface area contributed by atoms with Crippen LogP contribution in [-0.4, -0.2) is 41.7 Å². The van der Waals surface area contributed by atoms with Crippen molar-refractivity contribution in [3.63, 3.8) is 0 Å². The summed E-state index contributed by atoms with van der Waals surface area (Å²) >= 11 is 0. The van der Waals surface area contributed by atoms with E-state index in [4.69, 9.17) is 5.73 Å². The molecule has 2 aliphatic carbocycles. The second kappa shape index (κ2) is 4.94. The molecule has 98 valence electrons. The average Bonchev–Trinajstić information content (AvgIpc) is 2.85. The minimum atomic E-state index is -0.348. The fraction of sp³-hybridized carbons (Fsp3) is 0.923. The molecule has 2 fully saturated rings. The first kappa shape index (κ1) is 12.8. The summed E-state index contributed by atoms with van der Waals surface area (Å²) in [5, 5.41) is 9.24. The smallest absolute Gasteiger partial charge is 0.227 e. The summed E-state index contributed by atoms with van der Waals surface area (Å²) in [7, 11) is 1.82. The van der Waals surface area contributed by atoms with Crippen molar-refractivity contribution in [2.45, 2.75) is 44.8 Å². The topological polar surface area (TPSA) is 66.6 Å². The van der Waals surface area contributed by atoms with Gasteiger partial charge in [-0.1, -0.05) is 0 Å². The molecule has 17 heavy (non-hydrogen) atoms. The molecule has 0 aliphatic heterocycles. The maximum Gasteiger partial charge on any atom is 0.227 e. The van der Waals surface area contributed by atoms with Crippen LogP contribution in [0.3, 0.4) is 0 Å². The molecule has 3 N–H and O–H groups in total. The van der Waals surface area contributed by atoms with E-state index in [-0.39, 0.29) is 24.0 Å². The van der Waals surface area contributed by atoms with Crippen LogP contribution >= 0.6 is 0 Å².